The highest BCUT2D eigenvalue weighted by molar-refractivity contribution is 7.90. The van der Waals surface area contributed by atoms with Crippen LogP contribution in [0.1, 0.15) is 37.7 Å². The first-order valence-electron chi connectivity index (χ1n) is 6.83. The van der Waals surface area contributed by atoms with Gasteiger partial charge in [-0.05, 0) is 24.5 Å². The van der Waals surface area contributed by atoms with Crippen molar-refractivity contribution in [1.29, 1.82) is 0 Å². The number of fused-ring (bicyclic) bond motifs is 1. The summed E-state index contributed by atoms with van der Waals surface area (Å²) >= 11 is 0. The van der Waals surface area contributed by atoms with Gasteiger partial charge in [0.05, 0.1) is 4.90 Å². The summed E-state index contributed by atoms with van der Waals surface area (Å²) in [5.41, 5.74) is 0.703. The molecule has 0 aromatic heterocycles. The normalized spacial score (nSPS) is 23.5. The Bertz CT molecular complexity index is 602. The van der Waals surface area contributed by atoms with Crippen molar-refractivity contribution in [3.8, 4) is 0 Å². The van der Waals surface area contributed by atoms with Crippen molar-refractivity contribution in [2.24, 2.45) is 10.9 Å². The van der Waals surface area contributed by atoms with Gasteiger partial charge in [0, 0.05) is 12.1 Å². The Morgan fingerprint density at radius 3 is 2.74 bits per heavy atom. The molecular formula is C14H18N2O2S. The molecule has 3 rings (SSSR count). The second kappa shape index (κ2) is 4.96. The Hall–Kier alpha value is -1.36. The van der Waals surface area contributed by atoms with Crippen molar-refractivity contribution in [3.05, 3.63) is 29.8 Å². The quantitative estimate of drug-likeness (QED) is 0.922. The molecule has 1 N–H and O–H groups in total. The zero-order chi connectivity index (χ0) is 13.3. The zero-order valence-electron chi connectivity index (χ0n) is 10.8. The highest BCUT2D eigenvalue weighted by Crippen LogP contribution is 2.28. The summed E-state index contributed by atoms with van der Waals surface area (Å²) < 4.78 is 26.3. The SMILES string of the molecule is O=S1(=O)NC(=NCCC2CCCC2)c2ccccc21. The number of sulfonamides is 1. The van der Waals surface area contributed by atoms with Crippen LogP contribution in [0.4, 0.5) is 0 Å². The number of benzene rings is 1. The zero-order valence-corrected chi connectivity index (χ0v) is 11.6. The van der Waals surface area contributed by atoms with Crippen LogP contribution >= 0.6 is 0 Å². The maximum atomic E-state index is 11.9. The molecule has 1 heterocycles. The molecule has 4 nitrogen and oxygen atoms in total. The molecule has 0 atom stereocenters. The van der Waals surface area contributed by atoms with Crippen LogP contribution in [0.3, 0.4) is 0 Å². The molecule has 5 heteroatoms. The van der Waals surface area contributed by atoms with Crippen LogP contribution in [0.5, 0.6) is 0 Å². The first-order valence-corrected chi connectivity index (χ1v) is 8.32. The maximum Gasteiger partial charge on any atom is 0.263 e. The van der Waals surface area contributed by atoms with Gasteiger partial charge < -0.3 is 0 Å². The van der Waals surface area contributed by atoms with E-state index in [1.807, 2.05) is 6.07 Å². The highest BCUT2D eigenvalue weighted by atomic mass is 32.2. The Balaban J connectivity index is 1.75. The number of nitrogens with one attached hydrogen (secondary N) is 1. The van der Waals surface area contributed by atoms with E-state index in [-0.39, 0.29) is 0 Å². The molecular weight excluding hydrogens is 260 g/mol. The lowest BCUT2D eigenvalue weighted by Gasteiger charge is -2.06. The standard InChI is InChI=1S/C14H18N2O2S/c17-19(18)13-8-4-3-7-12(13)14(16-19)15-10-9-11-5-1-2-6-11/h3-4,7-8,11H,1-2,5-6,9-10H2,(H,15,16). The third-order valence-electron chi connectivity index (χ3n) is 3.94. The van der Waals surface area contributed by atoms with Gasteiger partial charge in [0.2, 0.25) is 0 Å². The highest BCUT2D eigenvalue weighted by Gasteiger charge is 2.29. The van der Waals surface area contributed by atoms with E-state index in [1.165, 1.54) is 25.7 Å². The molecule has 1 aliphatic carbocycles. The minimum atomic E-state index is -3.39. The molecule has 19 heavy (non-hydrogen) atoms. The van der Waals surface area contributed by atoms with Crippen molar-refractivity contribution >= 4 is 15.9 Å². The summed E-state index contributed by atoms with van der Waals surface area (Å²) in [5, 5.41) is 0. The molecule has 0 unspecified atom stereocenters. The molecule has 0 saturated heterocycles. The van der Waals surface area contributed by atoms with E-state index in [2.05, 4.69) is 9.71 Å². The van der Waals surface area contributed by atoms with Gasteiger partial charge in [0.25, 0.3) is 10.0 Å². The molecule has 1 saturated carbocycles. The van der Waals surface area contributed by atoms with E-state index in [9.17, 15) is 8.42 Å². The summed E-state index contributed by atoms with van der Waals surface area (Å²) in [6.45, 7) is 0.705. The average Bonchev–Trinajstić information content (AvgIpc) is 2.98. The molecule has 2 aliphatic rings. The summed E-state index contributed by atoms with van der Waals surface area (Å²) in [7, 11) is -3.39. The van der Waals surface area contributed by atoms with Crippen LogP contribution in [-0.4, -0.2) is 20.8 Å². The van der Waals surface area contributed by atoms with Crippen LogP contribution in [-0.2, 0) is 10.0 Å². The van der Waals surface area contributed by atoms with Crippen molar-refractivity contribution in [2.45, 2.75) is 37.0 Å². The fourth-order valence-electron chi connectivity index (χ4n) is 2.91. The average molecular weight is 278 g/mol. The molecule has 1 aliphatic heterocycles. The van der Waals surface area contributed by atoms with Crippen molar-refractivity contribution in [3.63, 3.8) is 0 Å². The Morgan fingerprint density at radius 2 is 1.95 bits per heavy atom. The molecule has 0 bridgehead atoms. The maximum absolute atomic E-state index is 11.9. The Kier molecular flexibility index (Phi) is 3.31. The van der Waals surface area contributed by atoms with Gasteiger partial charge in [0.1, 0.15) is 5.84 Å². The molecule has 0 radical (unpaired) electrons. The second-order valence-electron chi connectivity index (χ2n) is 5.27. The minimum Gasteiger partial charge on any atom is -0.267 e. The lowest BCUT2D eigenvalue weighted by Crippen LogP contribution is -2.22. The number of amidine groups is 1. The number of nitrogens with zero attached hydrogens (tertiary/aromatic N) is 1. The number of hydrogen-bond donors (Lipinski definition) is 1. The van der Waals surface area contributed by atoms with Crippen LogP contribution in [0, 0.1) is 5.92 Å². The van der Waals surface area contributed by atoms with Gasteiger partial charge in [-0.3, -0.25) is 9.71 Å². The topological polar surface area (TPSA) is 58.5 Å². The smallest absolute Gasteiger partial charge is 0.263 e. The predicted octanol–water partition coefficient (Wildman–Crippen LogP) is 2.31. The van der Waals surface area contributed by atoms with Gasteiger partial charge in [0.15, 0.2) is 0 Å². The molecule has 1 fully saturated rings. The molecule has 1 aromatic carbocycles. The minimum absolute atomic E-state index is 0.342. The van der Waals surface area contributed by atoms with E-state index < -0.39 is 10.0 Å². The molecule has 102 valence electrons. The Morgan fingerprint density at radius 1 is 1.21 bits per heavy atom. The van der Waals surface area contributed by atoms with Gasteiger partial charge in [-0.1, -0.05) is 37.8 Å². The van der Waals surface area contributed by atoms with E-state index in [0.717, 1.165) is 12.3 Å². The van der Waals surface area contributed by atoms with E-state index in [0.29, 0.717) is 22.8 Å². The summed E-state index contributed by atoms with van der Waals surface area (Å²) in [6.07, 6.45) is 6.32. The van der Waals surface area contributed by atoms with Crippen molar-refractivity contribution in [2.75, 3.05) is 6.54 Å². The Labute approximate surface area is 114 Å². The first-order chi connectivity index (χ1) is 9.17. The fourth-order valence-corrected chi connectivity index (χ4v) is 4.16. The van der Waals surface area contributed by atoms with Crippen LogP contribution < -0.4 is 4.72 Å². The molecule has 0 spiro atoms. The van der Waals surface area contributed by atoms with Gasteiger partial charge >= 0.3 is 0 Å². The number of rotatable bonds is 3. The van der Waals surface area contributed by atoms with Crippen molar-refractivity contribution < 1.29 is 8.42 Å². The van der Waals surface area contributed by atoms with Crippen molar-refractivity contribution in [1.82, 2.24) is 4.72 Å². The number of aliphatic imine (C=N–C) groups is 1. The third kappa shape index (κ3) is 2.52. The van der Waals surface area contributed by atoms with E-state index in [1.54, 1.807) is 18.2 Å². The molecule has 1 aromatic rings. The van der Waals surface area contributed by atoms with E-state index in [4.69, 9.17) is 0 Å². The number of hydrogen-bond acceptors (Lipinski definition) is 3. The second-order valence-corrected chi connectivity index (χ2v) is 6.92. The summed E-state index contributed by atoms with van der Waals surface area (Å²) in [6, 6.07) is 7.01. The predicted molar refractivity (Wildman–Crippen MR) is 74.7 cm³/mol. The third-order valence-corrected chi connectivity index (χ3v) is 5.34. The monoisotopic (exact) mass is 278 g/mol. The summed E-state index contributed by atoms with van der Waals surface area (Å²) in [4.78, 5) is 4.79. The van der Waals surface area contributed by atoms with Gasteiger partial charge in [-0.2, -0.15) is 0 Å². The molecule has 0 amide bonds. The fraction of sp³-hybridized carbons (Fsp3) is 0.500. The lowest BCUT2D eigenvalue weighted by molar-refractivity contribution is 0.512. The van der Waals surface area contributed by atoms with Crippen LogP contribution in [0.15, 0.2) is 34.2 Å². The largest absolute Gasteiger partial charge is 0.267 e. The van der Waals surface area contributed by atoms with Crippen LogP contribution in [0.25, 0.3) is 0 Å². The summed E-state index contributed by atoms with van der Waals surface area (Å²) in [5.74, 6) is 1.28. The van der Waals surface area contributed by atoms with Crippen LogP contribution in [0.2, 0.25) is 0 Å². The van der Waals surface area contributed by atoms with Gasteiger partial charge in [-0.25, -0.2) is 8.42 Å². The van der Waals surface area contributed by atoms with Gasteiger partial charge in [-0.15, -0.1) is 0 Å². The first kappa shape index (κ1) is 12.7. The lowest BCUT2D eigenvalue weighted by atomic mass is 10.0. The van der Waals surface area contributed by atoms with E-state index >= 15 is 0 Å².